The molecule has 2 atom stereocenters. The minimum absolute atomic E-state index is 0.195. The van der Waals surface area contributed by atoms with Crippen LogP contribution in [0.15, 0.2) is 54.6 Å². The molecule has 2 nitrogen and oxygen atoms in total. The van der Waals surface area contributed by atoms with Gasteiger partial charge in [-0.15, -0.1) is 0 Å². The summed E-state index contributed by atoms with van der Waals surface area (Å²) >= 11 is 0. The Morgan fingerprint density at radius 1 is 1.09 bits per heavy atom. The van der Waals surface area contributed by atoms with Gasteiger partial charge >= 0.3 is 0 Å². The molecule has 1 aliphatic heterocycles. The highest BCUT2D eigenvalue weighted by Gasteiger charge is 2.37. The van der Waals surface area contributed by atoms with E-state index in [-0.39, 0.29) is 23.7 Å². The molecule has 23 heavy (non-hydrogen) atoms. The zero-order valence-electron chi connectivity index (χ0n) is 13.4. The maximum absolute atomic E-state index is 12.9. The predicted octanol–water partition coefficient (Wildman–Crippen LogP) is 4.16. The number of rotatable bonds is 5. The third-order valence-corrected chi connectivity index (χ3v) is 4.86. The van der Waals surface area contributed by atoms with Gasteiger partial charge in [-0.2, -0.15) is 0 Å². The Morgan fingerprint density at radius 3 is 2.48 bits per heavy atom. The second-order valence-electron chi connectivity index (χ2n) is 6.31. The van der Waals surface area contributed by atoms with Crippen molar-refractivity contribution in [2.45, 2.75) is 37.6 Å². The van der Waals surface area contributed by atoms with Crippen molar-refractivity contribution >= 4 is 5.91 Å². The molecule has 0 aromatic heterocycles. The number of likely N-dealkylation sites (N-methyl/N-ethyl adjacent to an activating group) is 1. The second kappa shape index (κ2) is 6.95. The molecule has 0 aliphatic carbocycles. The van der Waals surface area contributed by atoms with E-state index in [1.165, 1.54) is 17.7 Å². The zero-order valence-corrected chi connectivity index (χ0v) is 13.4. The van der Waals surface area contributed by atoms with E-state index in [0.717, 1.165) is 24.8 Å². The average Bonchev–Trinajstić information content (AvgIpc) is 2.86. The lowest BCUT2D eigenvalue weighted by atomic mass is 9.88. The number of likely N-dealkylation sites (tertiary alicyclic amines) is 1. The molecule has 0 radical (unpaired) electrons. The summed E-state index contributed by atoms with van der Waals surface area (Å²) in [5.41, 5.74) is 2.40. The van der Waals surface area contributed by atoms with Crippen LogP contribution in [0.25, 0.3) is 0 Å². The molecule has 0 saturated carbocycles. The van der Waals surface area contributed by atoms with E-state index in [9.17, 15) is 9.18 Å². The standard InChI is InChI=1S/C20H22FNO/c1-22-19(9-5-6-15-10-12-17(21)13-11-15)18(14-20(22)23)16-7-3-2-4-8-16/h2-4,7-8,10-13,18-19H,5-6,9,14H2,1H3/t18-,19?/m1/s1. The first-order valence-corrected chi connectivity index (χ1v) is 8.20. The average molecular weight is 311 g/mol. The Balaban J connectivity index is 1.64. The van der Waals surface area contributed by atoms with Gasteiger partial charge in [0.2, 0.25) is 5.91 Å². The summed E-state index contributed by atoms with van der Waals surface area (Å²) in [5, 5.41) is 0. The molecule has 1 saturated heterocycles. The zero-order chi connectivity index (χ0) is 16.2. The van der Waals surface area contributed by atoms with Crippen LogP contribution in [0, 0.1) is 5.82 Å². The Hall–Kier alpha value is -2.16. The molecule has 1 amide bonds. The van der Waals surface area contributed by atoms with Gasteiger partial charge in [0.15, 0.2) is 0 Å². The monoisotopic (exact) mass is 311 g/mol. The molecule has 2 aromatic rings. The number of carbonyl (C=O) groups is 1. The lowest BCUT2D eigenvalue weighted by Gasteiger charge is -2.25. The number of carbonyl (C=O) groups excluding carboxylic acids is 1. The fraction of sp³-hybridized carbons (Fsp3) is 0.350. The number of halogens is 1. The van der Waals surface area contributed by atoms with Gasteiger partial charge in [0, 0.05) is 25.4 Å². The molecule has 3 heteroatoms. The first kappa shape index (κ1) is 15.7. The van der Waals surface area contributed by atoms with Gasteiger partial charge in [-0.05, 0) is 42.5 Å². The van der Waals surface area contributed by atoms with E-state index in [2.05, 4.69) is 12.1 Å². The number of amides is 1. The molecular weight excluding hydrogens is 289 g/mol. The maximum atomic E-state index is 12.9. The van der Waals surface area contributed by atoms with Crippen molar-refractivity contribution in [3.8, 4) is 0 Å². The van der Waals surface area contributed by atoms with Gasteiger partial charge in [0.25, 0.3) is 0 Å². The molecule has 3 rings (SSSR count). The minimum Gasteiger partial charge on any atom is -0.342 e. The van der Waals surface area contributed by atoms with Crippen LogP contribution >= 0.6 is 0 Å². The summed E-state index contributed by atoms with van der Waals surface area (Å²) in [6, 6.07) is 17.3. The van der Waals surface area contributed by atoms with Gasteiger partial charge in [-0.3, -0.25) is 4.79 Å². The predicted molar refractivity (Wildman–Crippen MR) is 89.7 cm³/mol. The molecule has 2 aromatic carbocycles. The fourth-order valence-electron chi connectivity index (χ4n) is 3.52. The van der Waals surface area contributed by atoms with E-state index >= 15 is 0 Å². The Kier molecular flexibility index (Phi) is 4.75. The topological polar surface area (TPSA) is 20.3 Å². The Morgan fingerprint density at radius 2 is 1.78 bits per heavy atom. The summed E-state index contributed by atoms with van der Waals surface area (Å²) in [5.74, 6) is 0.312. The van der Waals surface area contributed by atoms with Crippen molar-refractivity contribution < 1.29 is 9.18 Å². The van der Waals surface area contributed by atoms with Crippen LogP contribution in [0.4, 0.5) is 4.39 Å². The lowest BCUT2D eigenvalue weighted by Crippen LogP contribution is -2.31. The van der Waals surface area contributed by atoms with E-state index in [1.807, 2.05) is 42.3 Å². The second-order valence-corrected chi connectivity index (χ2v) is 6.31. The van der Waals surface area contributed by atoms with Crippen molar-refractivity contribution in [2.24, 2.45) is 0 Å². The summed E-state index contributed by atoms with van der Waals surface area (Å²) in [6.07, 6.45) is 3.48. The normalized spacial score (nSPS) is 21.0. The quantitative estimate of drug-likeness (QED) is 0.812. The van der Waals surface area contributed by atoms with Crippen molar-refractivity contribution in [1.29, 1.82) is 0 Å². The van der Waals surface area contributed by atoms with Crippen molar-refractivity contribution in [1.82, 2.24) is 4.90 Å². The highest BCUT2D eigenvalue weighted by atomic mass is 19.1. The van der Waals surface area contributed by atoms with Gasteiger partial charge in [-0.1, -0.05) is 42.5 Å². The highest BCUT2D eigenvalue weighted by molar-refractivity contribution is 5.80. The number of benzene rings is 2. The van der Waals surface area contributed by atoms with Crippen LogP contribution in [0.2, 0.25) is 0 Å². The number of hydrogen-bond donors (Lipinski definition) is 0. The van der Waals surface area contributed by atoms with Gasteiger partial charge < -0.3 is 4.90 Å². The van der Waals surface area contributed by atoms with Crippen LogP contribution in [0.3, 0.4) is 0 Å². The van der Waals surface area contributed by atoms with Gasteiger partial charge in [-0.25, -0.2) is 4.39 Å². The van der Waals surface area contributed by atoms with Crippen LogP contribution in [0.5, 0.6) is 0 Å². The molecule has 1 aliphatic rings. The molecule has 0 N–H and O–H groups in total. The number of aryl methyl sites for hydroxylation is 1. The summed E-state index contributed by atoms with van der Waals surface area (Å²) < 4.78 is 12.9. The van der Waals surface area contributed by atoms with Gasteiger partial charge in [0.05, 0.1) is 0 Å². The Labute approximate surface area is 136 Å². The van der Waals surface area contributed by atoms with E-state index in [0.29, 0.717) is 6.42 Å². The highest BCUT2D eigenvalue weighted by Crippen LogP contribution is 2.35. The van der Waals surface area contributed by atoms with Crippen LogP contribution in [0.1, 0.15) is 36.3 Å². The van der Waals surface area contributed by atoms with Crippen LogP contribution < -0.4 is 0 Å². The summed E-state index contributed by atoms with van der Waals surface area (Å²) in [6.45, 7) is 0. The molecule has 1 fully saturated rings. The summed E-state index contributed by atoms with van der Waals surface area (Å²) in [7, 11) is 1.91. The largest absolute Gasteiger partial charge is 0.342 e. The number of hydrogen-bond acceptors (Lipinski definition) is 1. The Bertz CT molecular complexity index is 653. The summed E-state index contributed by atoms with van der Waals surface area (Å²) in [4.78, 5) is 14.0. The lowest BCUT2D eigenvalue weighted by molar-refractivity contribution is -0.127. The number of nitrogens with zero attached hydrogens (tertiary/aromatic N) is 1. The van der Waals surface area contributed by atoms with E-state index in [4.69, 9.17) is 0 Å². The molecule has 1 unspecified atom stereocenters. The first-order valence-electron chi connectivity index (χ1n) is 8.20. The molecule has 1 heterocycles. The van der Waals surface area contributed by atoms with Crippen LogP contribution in [-0.4, -0.2) is 23.9 Å². The first-order chi connectivity index (χ1) is 11.1. The minimum atomic E-state index is -0.195. The van der Waals surface area contributed by atoms with Crippen LogP contribution in [-0.2, 0) is 11.2 Å². The fourth-order valence-corrected chi connectivity index (χ4v) is 3.52. The maximum Gasteiger partial charge on any atom is 0.223 e. The van der Waals surface area contributed by atoms with E-state index < -0.39 is 0 Å². The molecule has 0 spiro atoms. The third-order valence-electron chi connectivity index (χ3n) is 4.86. The molecule has 0 bridgehead atoms. The van der Waals surface area contributed by atoms with E-state index in [1.54, 1.807) is 0 Å². The van der Waals surface area contributed by atoms with Crippen molar-refractivity contribution in [2.75, 3.05) is 7.05 Å². The van der Waals surface area contributed by atoms with Crippen molar-refractivity contribution in [3.63, 3.8) is 0 Å². The molecule has 120 valence electrons. The third kappa shape index (κ3) is 3.61. The smallest absolute Gasteiger partial charge is 0.223 e. The van der Waals surface area contributed by atoms with Gasteiger partial charge in [0.1, 0.15) is 5.82 Å². The molecular formula is C20H22FNO. The SMILES string of the molecule is CN1C(=O)C[C@H](c2ccccc2)C1CCCc1ccc(F)cc1. The van der Waals surface area contributed by atoms with Crippen molar-refractivity contribution in [3.05, 3.63) is 71.5 Å².